The van der Waals surface area contributed by atoms with Crippen LogP contribution in [0.5, 0.6) is 5.75 Å². The molecule has 116 valence electrons. The van der Waals surface area contributed by atoms with Crippen LogP contribution < -0.4 is 9.64 Å². The van der Waals surface area contributed by atoms with E-state index in [1.54, 1.807) is 19.4 Å². The largest absolute Gasteiger partial charge is 0.497 e. The van der Waals surface area contributed by atoms with E-state index in [0.717, 1.165) is 37.1 Å². The number of benzene rings is 1. The molecule has 4 heteroatoms. The van der Waals surface area contributed by atoms with Crippen molar-refractivity contribution in [2.24, 2.45) is 0 Å². The highest BCUT2D eigenvalue weighted by atomic mass is 19.1. The highest BCUT2D eigenvalue weighted by Crippen LogP contribution is 2.39. The zero-order chi connectivity index (χ0) is 15.5. The minimum absolute atomic E-state index is 0.0580. The van der Waals surface area contributed by atoms with Crippen LogP contribution in [0.1, 0.15) is 36.9 Å². The first-order valence-electron chi connectivity index (χ1n) is 7.77. The molecular weight excluding hydrogens is 279 g/mol. The van der Waals surface area contributed by atoms with Gasteiger partial charge in [-0.2, -0.15) is 0 Å². The Balaban J connectivity index is 1.97. The molecule has 0 bridgehead atoms. The van der Waals surface area contributed by atoms with Gasteiger partial charge in [0.2, 0.25) is 0 Å². The molecule has 2 aromatic rings. The van der Waals surface area contributed by atoms with Gasteiger partial charge in [-0.05, 0) is 42.7 Å². The molecule has 2 heterocycles. The monoisotopic (exact) mass is 300 g/mol. The molecular formula is C18H21FN2O. The van der Waals surface area contributed by atoms with E-state index in [1.807, 2.05) is 6.07 Å². The van der Waals surface area contributed by atoms with Gasteiger partial charge in [0.15, 0.2) is 0 Å². The molecule has 0 saturated carbocycles. The fourth-order valence-electron chi connectivity index (χ4n) is 3.26. The SMILES string of the molecule is CCCC(c1ccncc1F)N1CCc2cc(OC)ccc21. The number of halogens is 1. The Kier molecular flexibility index (Phi) is 4.27. The molecule has 22 heavy (non-hydrogen) atoms. The van der Waals surface area contributed by atoms with E-state index in [9.17, 15) is 4.39 Å². The van der Waals surface area contributed by atoms with Crippen molar-refractivity contribution in [3.63, 3.8) is 0 Å². The number of pyridine rings is 1. The molecule has 1 aromatic carbocycles. The molecule has 3 rings (SSSR count). The van der Waals surface area contributed by atoms with Crippen molar-refractivity contribution in [2.75, 3.05) is 18.6 Å². The quantitative estimate of drug-likeness (QED) is 0.830. The summed E-state index contributed by atoms with van der Waals surface area (Å²) in [7, 11) is 1.68. The third-order valence-electron chi connectivity index (χ3n) is 4.32. The van der Waals surface area contributed by atoms with Crippen LogP contribution in [0.25, 0.3) is 0 Å². The van der Waals surface area contributed by atoms with Crippen LogP contribution in [-0.4, -0.2) is 18.6 Å². The van der Waals surface area contributed by atoms with Crippen molar-refractivity contribution >= 4 is 5.69 Å². The lowest BCUT2D eigenvalue weighted by Crippen LogP contribution is -2.27. The molecule has 1 aliphatic heterocycles. The lowest BCUT2D eigenvalue weighted by molar-refractivity contribution is 0.414. The lowest BCUT2D eigenvalue weighted by atomic mass is 10.0. The summed E-state index contributed by atoms with van der Waals surface area (Å²) in [5.74, 6) is 0.658. The molecule has 1 unspecified atom stereocenters. The third kappa shape index (κ3) is 2.65. The van der Waals surface area contributed by atoms with Gasteiger partial charge in [-0.15, -0.1) is 0 Å². The summed E-state index contributed by atoms with van der Waals surface area (Å²) < 4.78 is 19.5. The van der Waals surface area contributed by atoms with Crippen LogP contribution >= 0.6 is 0 Å². The standard InChI is InChI=1S/C18H21FN2O/c1-3-4-18(15-7-9-20-12-16(15)19)21-10-8-13-11-14(22-2)5-6-17(13)21/h5-7,9,11-12,18H,3-4,8,10H2,1-2H3. The summed E-state index contributed by atoms with van der Waals surface area (Å²) in [6.07, 6.45) is 5.88. The Hall–Kier alpha value is -2.10. The minimum Gasteiger partial charge on any atom is -0.497 e. The fraction of sp³-hybridized carbons (Fsp3) is 0.389. The van der Waals surface area contributed by atoms with Gasteiger partial charge < -0.3 is 9.64 Å². The summed E-state index contributed by atoms with van der Waals surface area (Å²) in [6.45, 7) is 3.05. The second kappa shape index (κ2) is 6.34. The molecule has 0 amide bonds. The van der Waals surface area contributed by atoms with Crippen molar-refractivity contribution in [2.45, 2.75) is 32.2 Å². The van der Waals surface area contributed by atoms with Gasteiger partial charge >= 0.3 is 0 Å². The second-order valence-corrected chi connectivity index (χ2v) is 5.64. The molecule has 1 atom stereocenters. The Morgan fingerprint density at radius 1 is 1.36 bits per heavy atom. The first-order chi connectivity index (χ1) is 10.7. The number of aromatic nitrogens is 1. The Morgan fingerprint density at radius 3 is 2.95 bits per heavy atom. The normalized spacial score (nSPS) is 14.8. The van der Waals surface area contributed by atoms with E-state index in [-0.39, 0.29) is 11.9 Å². The van der Waals surface area contributed by atoms with Crippen LogP contribution in [-0.2, 0) is 6.42 Å². The number of ether oxygens (including phenoxy) is 1. The lowest BCUT2D eigenvalue weighted by Gasteiger charge is -2.31. The summed E-state index contributed by atoms with van der Waals surface area (Å²) in [5.41, 5.74) is 3.20. The first-order valence-corrected chi connectivity index (χ1v) is 7.77. The number of rotatable bonds is 5. The van der Waals surface area contributed by atoms with Crippen molar-refractivity contribution in [1.82, 2.24) is 4.98 Å². The number of hydrogen-bond acceptors (Lipinski definition) is 3. The molecule has 0 aliphatic carbocycles. The molecule has 0 radical (unpaired) electrons. The summed E-state index contributed by atoms with van der Waals surface area (Å²) in [4.78, 5) is 6.19. The van der Waals surface area contributed by atoms with Gasteiger partial charge in [0.1, 0.15) is 11.6 Å². The van der Waals surface area contributed by atoms with Gasteiger partial charge in [-0.25, -0.2) is 4.39 Å². The molecule has 0 saturated heterocycles. The smallest absolute Gasteiger partial charge is 0.146 e. The van der Waals surface area contributed by atoms with E-state index in [4.69, 9.17) is 4.74 Å². The average Bonchev–Trinajstić information content (AvgIpc) is 2.96. The van der Waals surface area contributed by atoms with E-state index >= 15 is 0 Å². The Labute approximate surface area is 130 Å². The zero-order valence-corrected chi connectivity index (χ0v) is 13.1. The summed E-state index contributed by atoms with van der Waals surface area (Å²) >= 11 is 0. The predicted octanol–water partition coefficient (Wildman–Crippen LogP) is 4.13. The average molecular weight is 300 g/mol. The number of anilines is 1. The van der Waals surface area contributed by atoms with E-state index in [2.05, 4.69) is 28.9 Å². The van der Waals surface area contributed by atoms with Crippen LogP contribution in [0.15, 0.2) is 36.7 Å². The predicted molar refractivity (Wildman–Crippen MR) is 85.9 cm³/mol. The number of nitrogens with zero attached hydrogens (tertiary/aromatic N) is 2. The van der Waals surface area contributed by atoms with Crippen molar-refractivity contribution < 1.29 is 9.13 Å². The van der Waals surface area contributed by atoms with Crippen molar-refractivity contribution in [1.29, 1.82) is 0 Å². The molecule has 1 aromatic heterocycles. The molecule has 0 N–H and O–H groups in total. The van der Waals surface area contributed by atoms with Gasteiger partial charge in [0.05, 0.1) is 19.3 Å². The van der Waals surface area contributed by atoms with Gasteiger partial charge in [0.25, 0.3) is 0 Å². The van der Waals surface area contributed by atoms with Gasteiger partial charge in [-0.3, -0.25) is 4.98 Å². The highest BCUT2D eigenvalue weighted by Gasteiger charge is 2.28. The molecule has 1 aliphatic rings. The molecule has 0 spiro atoms. The van der Waals surface area contributed by atoms with E-state index in [0.29, 0.717) is 0 Å². The minimum atomic E-state index is -0.220. The van der Waals surface area contributed by atoms with Gasteiger partial charge in [0, 0.05) is 24.0 Å². The Bertz CT molecular complexity index is 659. The van der Waals surface area contributed by atoms with Crippen LogP contribution in [0.4, 0.5) is 10.1 Å². The highest BCUT2D eigenvalue weighted by molar-refractivity contribution is 5.61. The maximum absolute atomic E-state index is 14.2. The van der Waals surface area contributed by atoms with Crippen LogP contribution in [0.3, 0.4) is 0 Å². The van der Waals surface area contributed by atoms with Crippen molar-refractivity contribution in [3.8, 4) is 5.75 Å². The second-order valence-electron chi connectivity index (χ2n) is 5.64. The number of hydrogen-bond donors (Lipinski definition) is 0. The molecule has 3 nitrogen and oxygen atoms in total. The Morgan fingerprint density at radius 2 is 2.23 bits per heavy atom. The first kappa shape index (κ1) is 14.8. The van der Waals surface area contributed by atoms with Gasteiger partial charge in [-0.1, -0.05) is 13.3 Å². The number of fused-ring (bicyclic) bond motifs is 1. The summed E-state index contributed by atoms with van der Waals surface area (Å²) in [6, 6.07) is 8.01. The molecule has 0 fully saturated rings. The maximum atomic E-state index is 14.2. The maximum Gasteiger partial charge on any atom is 0.146 e. The third-order valence-corrected chi connectivity index (χ3v) is 4.32. The fourth-order valence-corrected chi connectivity index (χ4v) is 3.26. The number of methoxy groups -OCH3 is 1. The zero-order valence-electron chi connectivity index (χ0n) is 13.1. The van der Waals surface area contributed by atoms with Crippen molar-refractivity contribution in [3.05, 3.63) is 53.6 Å². The summed E-state index contributed by atoms with van der Waals surface area (Å²) in [5, 5.41) is 0. The van der Waals surface area contributed by atoms with E-state index in [1.165, 1.54) is 17.4 Å². The topological polar surface area (TPSA) is 25.4 Å². The van der Waals surface area contributed by atoms with Crippen LogP contribution in [0.2, 0.25) is 0 Å². The van der Waals surface area contributed by atoms with Crippen LogP contribution in [0, 0.1) is 5.82 Å². The van der Waals surface area contributed by atoms with E-state index < -0.39 is 0 Å².